The monoisotopic (exact) mass is 190 g/mol. The molecule has 1 N–H and O–H groups in total. The number of hydrogen-bond acceptors (Lipinski definition) is 5. The third kappa shape index (κ3) is 2.67. The first-order valence-electron chi connectivity index (χ1n) is 3.32. The van der Waals surface area contributed by atoms with Gasteiger partial charge in [-0.15, -0.1) is 0 Å². The van der Waals surface area contributed by atoms with Crippen molar-refractivity contribution in [3.63, 3.8) is 0 Å². The second kappa shape index (κ2) is 4.27. The number of rotatable bonds is 2. The van der Waals surface area contributed by atoms with Gasteiger partial charge in [0.1, 0.15) is 0 Å². The topological polar surface area (TPSA) is 55.2 Å². The minimum atomic E-state index is -0.386. The number of nitrogens with one attached hydrogen (secondary N) is 1. The normalized spacial score (nSPS) is 19.8. The molecule has 1 rings (SSSR count). The van der Waals surface area contributed by atoms with Crippen LogP contribution in [-0.2, 0) is 9.47 Å². The van der Waals surface area contributed by atoms with Crippen molar-refractivity contribution < 1.29 is 9.47 Å². The van der Waals surface area contributed by atoms with Gasteiger partial charge in [0, 0.05) is 7.11 Å². The van der Waals surface area contributed by atoms with Crippen LogP contribution >= 0.6 is 11.6 Å². The van der Waals surface area contributed by atoms with E-state index in [1.165, 1.54) is 13.4 Å². The highest BCUT2D eigenvalue weighted by atomic mass is 35.5. The molecule has 0 fully saturated rings. The van der Waals surface area contributed by atoms with E-state index in [9.17, 15) is 0 Å². The Morgan fingerprint density at radius 2 is 2.42 bits per heavy atom. The highest BCUT2D eigenvalue weighted by Crippen LogP contribution is 2.08. The summed E-state index contributed by atoms with van der Waals surface area (Å²) in [6.07, 6.45) is 1.01. The van der Waals surface area contributed by atoms with Crippen LogP contribution < -0.4 is 5.32 Å². The summed E-state index contributed by atoms with van der Waals surface area (Å²) in [7, 11) is 1.53. The van der Waals surface area contributed by atoms with E-state index in [-0.39, 0.29) is 17.9 Å². The van der Waals surface area contributed by atoms with Gasteiger partial charge in [-0.1, -0.05) is 11.6 Å². The van der Waals surface area contributed by atoms with Gasteiger partial charge in [0.25, 0.3) is 5.62 Å². The first-order valence-corrected chi connectivity index (χ1v) is 3.70. The Kier molecular flexibility index (Phi) is 3.31. The maximum Gasteiger partial charge on any atom is 0.319 e. The lowest BCUT2D eigenvalue weighted by atomic mass is 10.7. The number of hydrogen-bond donors (Lipinski definition) is 1. The van der Waals surface area contributed by atoms with Crippen LogP contribution in [0.25, 0.3) is 0 Å². The van der Waals surface area contributed by atoms with Crippen molar-refractivity contribution in [2.75, 3.05) is 7.11 Å². The maximum atomic E-state index is 5.54. The minimum Gasteiger partial charge on any atom is -0.434 e. The summed E-state index contributed by atoms with van der Waals surface area (Å²) in [5.74, 6) is 0. The molecule has 1 atom stereocenters. The van der Waals surface area contributed by atoms with Crippen LogP contribution in [0.2, 0.25) is 0 Å². The van der Waals surface area contributed by atoms with E-state index < -0.39 is 0 Å². The molecule has 67 valence electrons. The highest BCUT2D eigenvalue weighted by molar-refractivity contribution is 6.28. The van der Waals surface area contributed by atoms with E-state index in [2.05, 4.69) is 15.3 Å². The molecule has 0 aromatic heterocycles. The first-order chi connectivity index (χ1) is 5.72. The molecule has 0 aliphatic carbocycles. The fourth-order valence-corrected chi connectivity index (χ4v) is 0.660. The van der Waals surface area contributed by atoms with Crippen molar-refractivity contribution in [2.45, 2.75) is 13.2 Å². The molecule has 0 aromatic carbocycles. The molecule has 0 saturated carbocycles. The van der Waals surface area contributed by atoms with Gasteiger partial charge in [-0.3, -0.25) is 0 Å². The molecule has 5 nitrogen and oxygen atoms in total. The highest BCUT2D eigenvalue weighted by Gasteiger charge is 2.12. The van der Waals surface area contributed by atoms with E-state index in [4.69, 9.17) is 21.1 Å². The average Bonchev–Trinajstić information content (AvgIpc) is 2.04. The Hall–Kier alpha value is -0.810. The maximum absolute atomic E-state index is 5.54. The number of nitrogens with zero attached hydrogens (tertiary/aromatic N) is 2. The second-order valence-corrected chi connectivity index (χ2v) is 2.37. The lowest BCUT2D eigenvalue weighted by Gasteiger charge is -2.14. The van der Waals surface area contributed by atoms with Crippen LogP contribution in [0.4, 0.5) is 0 Å². The third-order valence-electron chi connectivity index (χ3n) is 1.16. The fourth-order valence-electron chi connectivity index (χ4n) is 0.539. The molecule has 0 bridgehead atoms. The number of methoxy groups -OCH3 is 1. The number of ether oxygens (including phenoxy) is 2. The Morgan fingerprint density at radius 3 is 3.00 bits per heavy atom. The van der Waals surface area contributed by atoms with E-state index in [1.807, 2.05) is 0 Å². The molecule has 0 aromatic rings. The van der Waals surface area contributed by atoms with Gasteiger partial charge in [-0.25, -0.2) is 0 Å². The Balaban J connectivity index is 2.46. The van der Waals surface area contributed by atoms with Crippen LogP contribution in [0.1, 0.15) is 6.92 Å². The van der Waals surface area contributed by atoms with E-state index in [0.717, 1.165) is 0 Å². The van der Waals surface area contributed by atoms with Crippen molar-refractivity contribution in [3.05, 3.63) is 5.62 Å². The SMILES string of the molecule is COC(C)OC1=N[C](Cl)NC=N1. The van der Waals surface area contributed by atoms with Gasteiger partial charge in [0.15, 0.2) is 6.29 Å². The quantitative estimate of drug-likeness (QED) is 0.514. The molecule has 1 radical (unpaired) electrons. The Bertz CT molecular complexity index is 207. The summed E-state index contributed by atoms with van der Waals surface area (Å²) in [6.45, 7) is 1.73. The summed E-state index contributed by atoms with van der Waals surface area (Å²) < 4.78 is 9.93. The molecule has 0 spiro atoms. The summed E-state index contributed by atoms with van der Waals surface area (Å²) in [5, 5.41) is 2.59. The average molecular weight is 191 g/mol. The molecule has 1 heterocycles. The van der Waals surface area contributed by atoms with Crippen LogP contribution in [0.3, 0.4) is 0 Å². The Labute approximate surface area is 75.4 Å². The van der Waals surface area contributed by atoms with Crippen LogP contribution in [-0.4, -0.2) is 25.8 Å². The molecule has 12 heavy (non-hydrogen) atoms. The minimum absolute atomic E-state index is 0.188. The van der Waals surface area contributed by atoms with Crippen LogP contribution in [0.15, 0.2) is 9.98 Å². The molecule has 0 saturated heterocycles. The summed E-state index contributed by atoms with van der Waals surface area (Å²) in [6, 6.07) is 0.188. The fraction of sp³-hybridized carbons (Fsp3) is 0.500. The zero-order valence-electron chi connectivity index (χ0n) is 6.74. The van der Waals surface area contributed by atoms with Crippen LogP contribution in [0.5, 0.6) is 0 Å². The van der Waals surface area contributed by atoms with Crippen molar-refractivity contribution >= 4 is 24.0 Å². The number of aliphatic imine (C=N–C) groups is 2. The van der Waals surface area contributed by atoms with Gasteiger partial charge >= 0.3 is 6.02 Å². The molecule has 1 aliphatic heterocycles. The largest absolute Gasteiger partial charge is 0.434 e. The first kappa shape index (κ1) is 9.28. The van der Waals surface area contributed by atoms with Gasteiger partial charge < -0.3 is 14.8 Å². The second-order valence-electron chi connectivity index (χ2n) is 2.01. The summed E-state index contributed by atoms with van der Waals surface area (Å²) in [5.41, 5.74) is 0.225. The van der Waals surface area contributed by atoms with Crippen molar-refractivity contribution in [1.82, 2.24) is 5.32 Å². The van der Waals surface area contributed by atoms with Crippen molar-refractivity contribution in [3.8, 4) is 0 Å². The van der Waals surface area contributed by atoms with E-state index in [1.54, 1.807) is 6.92 Å². The summed E-state index contributed by atoms with van der Waals surface area (Å²) in [4.78, 5) is 7.53. The molecule has 6 heteroatoms. The van der Waals surface area contributed by atoms with Gasteiger partial charge in [-0.05, 0) is 6.92 Å². The zero-order chi connectivity index (χ0) is 8.97. The molecule has 1 aliphatic rings. The van der Waals surface area contributed by atoms with Crippen molar-refractivity contribution in [2.24, 2.45) is 9.98 Å². The predicted octanol–water partition coefficient (Wildman–Crippen LogP) is 0.669. The van der Waals surface area contributed by atoms with Gasteiger partial charge in [0.2, 0.25) is 0 Å². The smallest absolute Gasteiger partial charge is 0.319 e. The zero-order valence-corrected chi connectivity index (χ0v) is 7.50. The Morgan fingerprint density at radius 1 is 1.67 bits per heavy atom. The van der Waals surface area contributed by atoms with Crippen molar-refractivity contribution in [1.29, 1.82) is 0 Å². The van der Waals surface area contributed by atoms with E-state index >= 15 is 0 Å². The van der Waals surface area contributed by atoms with E-state index in [0.29, 0.717) is 0 Å². The molecule has 1 unspecified atom stereocenters. The van der Waals surface area contributed by atoms with Crippen LogP contribution in [0, 0.1) is 5.62 Å². The number of halogens is 1. The molecular weight excluding hydrogens is 182 g/mol. The summed E-state index contributed by atoms with van der Waals surface area (Å²) >= 11 is 5.54. The van der Waals surface area contributed by atoms with Gasteiger partial charge in [0.05, 0.1) is 6.34 Å². The third-order valence-corrected chi connectivity index (χ3v) is 1.35. The molecular formula is C6H9ClN3O2. The lowest BCUT2D eigenvalue weighted by Crippen LogP contribution is -2.24. The lowest BCUT2D eigenvalue weighted by molar-refractivity contribution is -0.0485. The predicted molar refractivity (Wildman–Crippen MR) is 45.7 cm³/mol. The number of amidine groups is 1. The molecule has 0 amide bonds. The standard InChI is InChI=1S/C6H9ClN3O2/c1-4(11-2)12-6-9-3-8-5(7)10-6/h3-4H,1-2H3,(H,8,9,10). The van der Waals surface area contributed by atoms with Gasteiger partial charge in [-0.2, -0.15) is 9.98 Å².